The van der Waals surface area contributed by atoms with Crippen LogP contribution >= 0.6 is 23.2 Å². The third kappa shape index (κ3) is 2.19. The molecule has 7 nitrogen and oxygen atoms in total. The summed E-state index contributed by atoms with van der Waals surface area (Å²) in [4.78, 5) is 34.5. The Labute approximate surface area is 138 Å². The van der Waals surface area contributed by atoms with Crippen LogP contribution in [-0.4, -0.2) is 50.8 Å². The highest BCUT2D eigenvalue weighted by atomic mass is 35.5. The molecule has 1 aliphatic rings. The Bertz CT molecular complexity index is 569. The van der Waals surface area contributed by atoms with Gasteiger partial charge in [0.1, 0.15) is 5.15 Å². The molecule has 1 fully saturated rings. The molecule has 0 atom stereocenters. The maximum absolute atomic E-state index is 12.4. The lowest BCUT2D eigenvalue weighted by atomic mass is 10.2. The average molecular weight is 349 g/mol. The second-order valence-corrected chi connectivity index (χ2v) is 6.28. The quantitative estimate of drug-likeness (QED) is 0.843. The van der Waals surface area contributed by atoms with Gasteiger partial charge in [0.25, 0.3) is 5.85 Å². The number of hydrogen-bond acceptors (Lipinski definition) is 4. The largest absolute Gasteiger partial charge is 0.335 e. The molecule has 1 saturated heterocycles. The summed E-state index contributed by atoms with van der Waals surface area (Å²) in [7, 11) is 1.40. The topological polar surface area (TPSA) is 78.5 Å². The molecule has 0 saturated carbocycles. The molecule has 9 heteroatoms. The second-order valence-electron chi connectivity index (χ2n) is 5.54. The lowest BCUT2D eigenvalue weighted by Crippen LogP contribution is -2.57. The van der Waals surface area contributed by atoms with Crippen molar-refractivity contribution in [1.29, 1.82) is 0 Å². The zero-order chi connectivity index (χ0) is 16.8. The highest BCUT2D eigenvalue weighted by molar-refractivity contribution is 6.40. The number of imidazole rings is 1. The van der Waals surface area contributed by atoms with Crippen LogP contribution in [0.15, 0.2) is 0 Å². The molecular weight excluding hydrogens is 331 g/mol. The molecule has 2 amide bonds. The van der Waals surface area contributed by atoms with Crippen molar-refractivity contribution in [2.24, 2.45) is 0 Å². The number of rotatable bonds is 4. The van der Waals surface area contributed by atoms with E-state index in [0.717, 1.165) is 0 Å². The van der Waals surface area contributed by atoms with E-state index in [1.807, 2.05) is 0 Å². The number of hydrogen-bond donors (Lipinski definition) is 1. The van der Waals surface area contributed by atoms with E-state index in [0.29, 0.717) is 0 Å². The highest BCUT2D eigenvalue weighted by Gasteiger charge is 2.62. The molecule has 0 bridgehead atoms. The van der Waals surface area contributed by atoms with Gasteiger partial charge in [0.05, 0.1) is 0 Å². The molecule has 1 aliphatic heterocycles. The van der Waals surface area contributed by atoms with Crippen LogP contribution in [0.5, 0.6) is 0 Å². The van der Waals surface area contributed by atoms with Gasteiger partial charge in [-0.25, -0.2) is 4.98 Å². The van der Waals surface area contributed by atoms with Gasteiger partial charge in [-0.2, -0.15) is 0 Å². The molecule has 0 radical (unpaired) electrons. The average Bonchev–Trinajstić information content (AvgIpc) is 2.87. The van der Waals surface area contributed by atoms with Crippen LogP contribution in [-0.2, 0) is 20.2 Å². The normalized spacial score (nSPS) is 18.2. The minimum Gasteiger partial charge on any atom is -0.335 e. The van der Waals surface area contributed by atoms with E-state index >= 15 is 0 Å². The minimum atomic E-state index is -1.51. The van der Waals surface area contributed by atoms with Crippen LogP contribution in [0, 0.1) is 0 Å². The molecule has 0 aliphatic carbocycles. The zero-order valence-corrected chi connectivity index (χ0v) is 14.5. The van der Waals surface area contributed by atoms with E-state index in [4.69, 9.17) is 27.9 Å². The summed E-state index contributed by atoms with van der Waals surface area (Å²) in [6.45, 7) is 7.15. The number of aromatic nitrogens is 2. The molecule has 1 aromatic heterocycles. The molecule has 2 rings (SSSR count). The fraction of sp³-hybridized carbons (Fsp3) is 0.615. The maximum Gasteiger partial charge on any atom is 0.316 e. The van der Waals surface area contributed by atoms with Crippen LogP contribution in [0.4, 0.5) is 0 Å². The van der Waals surface area contributed by atoms with Gasteiger partial charge in [0.2, 0.25) is 0 Å². The number of amides is 2. The Morgan fingerprint density at radius 2 is 1.55 bits per heavy atom. The zero-order valence-electron chi connectivity index (χ0n) is 13.0. The molecule has 1 N–H and O–H groups in total. The lowest BCUT2D eigenvalue weighted by Gasteiger charge is -2.43. The number of halogens is 2. The predicted molar refractivity (Wildman–Crippen MR) is 81.3 cm³/mol. The second kappa shape index (κ2) is 5.72. The van der Waals surface area contributed by atoms with E-state index in [1.54, 1.807) is 27.7 Å². The van der Waals surface area contributed by atoms with Crippen LogP contribution in [0.3, 0.4) is 0 Å². The van der Waals surface area contributed by atoms with Gasteiger partial charge in [-0.05, 0) is 27.7 Å². The Hall–Kier alpha value is -1.31. The Morgan fingerprint density at radius 3 is 1.82 bits per heavy atom. The molecule has 1 aromatic rings. The SMILES string of the molecule is COC1(c2nc(Cl)c(Cl)[nH]2)N(C(C)C)C(=O)C(=O)N1C(C)C. The molecule has 22 heavy (non-hydrogen) atoms. The number of ether oxygens (including phenoxy) is 1. The summed E-state index contributed by atoms with van der Waals surface area (Å²) in [5.41, 5.74) is 0. The van der Waals surface area contributed by atoms with Gasteiger partial charge >= 0.3 is 11.8 Å². The maximum atomic E-state index is 12.4. The van der Waals surface area contributed by atoms with Crippen molar-refractivity contribution in [3.05, 3.63) is 16.1 Å². The van der Waals surface area contributed by atoms with Gasteiger partial charge in [-0.3, -0.25) is 19.4 Å². The summed E-state index contributed by atoms with van der Waals surface area (Å²) in [5, 5.41) is 0.166. The van der Waals surface area contributed by atoms with E-state index < -0.39 is 17.7 Å². The first kappa shape index (κ1) is 17.1. The smallest absolute Gasteiger partial charge is 0.316 e. The van der Waals surface area contributed by atoms with Gasteiger partial charge in [-0.1, -0.05) is 23.2 Å². The molecule has 0 unspecified atom stereocenters. The molecule has 122 valence electrons. The van der Waals surface area contributed by atoms with Crippen molar-refractivity contribution in [3.8, 4) is 0 Å². The van der Waals surface area contributed by atoms with Crippen LogP contribution < -0.4 is 0 Å². The number of methoxy groups -OCH3 is 1. The fourth-order valence-corrected chi connectivity index (χ4v) is 3.04. The first-order valence-electron chi connectivity index (χ1n) is 6.82. The number of carbonyl (C=O) groups excluding carboxylic acids is 2. The Morgan fingerprint density at radius 1 is 1.09 bits per heavy atom. The first-order chi connectivity index (χ1) is 10.2. The summed E-state index contributed by atoms with van der Waals surface area (Å²) in [6, 6.07) is -0.606. The number of carbonyl (C=O) groups is 2. The van der Waals surface area contributed by atoms with Crippen molar-refractivity contribution in [2.75, 3.05) is 7.11 Å². The molecule has 0 spiro atoms. The summed E-state index contributed by atoms with van der Waals surface area (Å²) in [6.07, 6.45) is 0. The van der Waals surface area contributed by atoms with Crippen molar-refractivity contribution in [2.45, 2.75) is 45.6 Å². The summed E-state index contributed by atoms with van der Waals surface area (Å²) < 4.78 is 5.64. The standard InChI is InChI=1S/C13H18Cl2N4O3/c1-6(2)18-10(20)11(21)19(7(3)4)13(18,22-5)12-16-8(14)9(15)17-12/h6-7H,1-5H3,(H,16,17). The number of nitrogens with one attached hydrogen (secondary N) is 1. The third-order valence-electron chi connectivity index (χ3n) is 3.52. The monoisotopic (exact) mass is 348 g/mol. The third-order valence-corrected chi connectivity index (χ3v) is 4.16. The van der Waals surface area contributed by atoms with Gasteiger partial charge in [-0.15, -0.1) is 0 Å². The van der Waals surface area contributed by atoms with Gasteiger partial charge < -0.3 is 9.72 Å². The van der Waals surface area contributed by atoms with E-state index in [2.05, 4.69) is 9.97 Å². The van der Waals surface area contributed by atoms with Gasteiger partial charge in [0, 0.05) is 19.2 Å². The molecule has 0 aromatic carbocycles. The number of aromatic amines is 1. The van der Waals surface area contributed by atoms with Crippen molar-refractivity contribution in [1.82, 2.24) is 19.8 Å². The molecule has 2 heterocycles. The van der Waals surface area contributed by atoms with Crippen molar-refractivity contribution >= 4 is 35.0 Å². The summed E-state index contributed by atoms with van der Waals surface area (Å²) in [5.74, 6) is -2.64. The van der Waals surface area contributed by atoms with E-state index in [1.165, 1.54) is 16.9 Å². The summed E-state index contributed by atoms with van der Waals surface area (Å²) >= 11 is 11.9. The molecular formula is C13H18Cl2N4O3. The Balaban J connectivity index is 2.75. The van der Waals surface area contributed by atoms with Crippen LogP contribution in [0.1, 0.15) is 33.5 Å². The lowest BCUT2D eigenvalue weighted by molar-refractivity contribution is -0.225. The number of H-pyrrole nitrogens is 1. The van der Waals surface area contributed by atoms with Crippen molar-refractivity contribution < 1.29 is 14.3 Å². The first-order valence-corrected chi connectivity index (χ1v) is 7.57. The van der Waals surface area contributed by atoms with Crippen LogP contribution in [0.2, 0.25) is 10.3 Å². The van der Waals surface area contributed by atoms with E-state index in [-0.39, 0.29) is 28.2 Å². The minimum absolute atomic E-state index is 0.0484. The number of nitrogens with zero attached hydrogens (tertiary/aromatic N) is 3. The fourth-order valence-electron chi connectivity index (χ4n) is 2.77. The highest BCUT2D eigenvalue weighted by Crippen LogP contribution is 2.41. The van der Waals surface area contributed by atoms with Gasteiger partial charge in [0.15, 0.2) is 11.0 Å². The van der Waals surface area contributed by atoms with E-state index in [9.17, 15) is 9.59 Å². The Kier molecular flexibility index (Phi) is 4.43. The van der Waals surface area contributed by atoms with Crippen LogP contribution in [0.25, 0.3) is 0 Å². The van der Waals surface area contributed by atoms with Crippen molar-refractivity contribution in [3.63, 3.8) is 0 Å². The predicted octanol–water partition coefficient (Wildman–Crippen LogP) is 1.96.